The zero-order valence-electron chi connectivity index (χ0n) is 9.46. The first-order chi connectivity index (χ1) is 6.61. The van der Waals surface area contributed by atoms with Gasteiger partial charge in [0.25, 0.3) is 0 Å². The summed E-state index contributed by atoms with van der Waals surface area (Å²) >= 11 is 3.45. The lowest BCUT2D eigenvalue weighted by Crippen LogP contribution is -2.30. The fourth-order valence-electron chi connectivity index (χ4n) is 1.26. The van der Waals surface area contributed by atoms with Crippen LogP contribution in [0.4, 0.5) is 0 Å². The summed E-state index contributed by atoms with van der Waals surface area (Å²) in [6, 6.07) is 2.60. The van der Waals surface area contributed by atoms with E-state index >= 15 is 0 Å². The van der Waals surface area contributed by atoms with Crippen LogP contribution in [-0.2, 0) is 0 Å². The molecule has 14 heavy (non-hydrogen) atoms. The molecule has 0 aliphatic heterocycles. The van der Waals surface area contributed by atoms with Crippen molar-refractivity contribution in [2.24, 2.45) is 5.92 Å². The second-order valence-corrected chi connectivity index (χ2v) is 4.86. The molecule has 0 N–H and O–H groups in total. The smallest absolute Gasteiger partial charge is 0.0638 e. The van der Waals surface area contributed by atoms with Crippen molar-refractivity contribution < 1.29 is 0 Å². The van der Waals surface area contributed by atoms with E-state index in [0.717, 1.165) is 17.8 Å². The minimum Gasteiger partial charge on any atom is -0.303 e. The van der Waals surface area contributed by atoms with Crippen LogP contribution in [-0.4, -0.2) is 29.9 Å². The Balaban J connectivity index is 3.62. The summed E-state index contributed by atoms with van der Waals surface area (Å²) in [7, 11) is 2.10. The first-order valence-electron chi connectivity index (χ1n) is 5.25. The molecule has 82 valence electrons. The molecule has 0 heterocycles. The lowest BCUT2D eigenvalue weighted by atomic mass is 10.0. The van der Waals surface area contributed by atoms with Gasteiger partial charge < -0.3 is 4.90 Å². The Morgan fingerprint density at radius 1 is 1.36 bits per heavy atom. The van der Waals surface area contributed by atoms with Gasteiger partial charge in [-0.05, 0) is 39.3 Å². The van der Waals surface area contributed by atoms with E-state index in [2.05, 4.69) is 47.8 Å². The van der Waals surface area contributed by atoms with Gasteiger partial charge in [-0.25, -0.2) is 0 Å². The number of alkyl halides is 1. The Kier molecular flexibility index (Phi) is 8.21. The Bertz CT molecular complexity index is 177. The van der Waals surface area contributed by atoms with Crippen molar-refractivity contribution in [1.82, 2.24) is 4.90 Å². The van der Waals surface area contributed by atoms with Crippen molar-refractivity contribution in [2.45, 2.75) is 39.2 Å². The van der Waals surface area contributed by atoms with Gasteiger partial charge in [-0.1, -0.05) is 22.9 Å². The molecule has 0 saturated carbocycles. The third-order valence-electron chi connectivity index (χ3n) is 2.72. The van der Waals surface area contributed by atoms with Gasteiger partial charge in [0.1, 0.15) is 0 Å². The van der Waals surface area contributed by atoms with Crippen LogP contribution in [0.3, 0.4) is 0 Å². The molecular formula is C11H21BrN2. The molecule has 0 fully saturated rings. The molecule has 0 aliphatic rings. The Hall–Kier alpha value is -0.0700. The van der Waals surface area contributed by atoms with Gasteiger partial charge in [-0.2, -0.15) is 5.26 Å². The number of halogens is 1. The van der Waals surface area contributed by atoms with Crippen molar-refractivity contribution in [3.05, 3.63) is 0 Å². The molecule has 0 rings (SSSR count). The maximum Gasteiger partial charge on any atom is 0.0638 e. The van der Waals surface area contributed by atoms with Crippen molar-refractivity contribution in [3.8, 4) is 6.07 Å². The second-order valence-electron chi connectivity index (χ2n) is 4.06. The van der Waals surface area contributed by atoms with Crippen molar-refractivity contribution in [1.29, 1.82) is 5.26 Å². The summed E-state index contributed by atoms with van der Waals surface area (Å²) in [5.74, 6) is 0.770. The first-order valence-corrected chi connectivity index (χ1v) is 6.37. The average molecular weight is 261 g/mol. The third kappa shape index (κ3) is 6.39. The Morgan fingerprint density at radius 2 is 2.00 bits per heavy atom. The van der Waals surface area contributed by atoms with Crippen LogP contribution < -0.4 is 0 Å². The summed E-state index contributed by atoms with van der Waals surface area (Å²) in [4.78, 5) is 2.27. The highest BCUT2D eigenvalue weighted by Crippen LogP contribution is 2.11. The van der Waals surface area contributed by atoms with E-state index in [0.29, 0.717) is 12.5 Å². The molecule has 2 unspecified atom stereocenters. The van der Waals surface area contributed by atoms with Crippen LogP contribution in [0.15, 0.2) is 0 Å². The lowest BCUT2D eigenvalue weighted by Gasteiger charge is -2.23. The average Bonchev–Trinajstić information content (AvgIpc) is 2.15. The molecule has 0 spiro atoms. The largest absolute Gasteiger partial charge is 0.303 e. The molecular weight excluding hydrogens is 240 g/mol. The molecule has 3 heteroatoms. The number of nitrogens with zero attached hydrogens (tertiary/aromatic N) is 2. The highest BCUT2D eigenvalue weighted by Gasteiger charge is 2.09. The van der Waals surface area contributed by atoms with Crippen molar-refractivity contribution >= 4 is 15.9 Å². The molecule has 0 aliphatic carbocycles. The van der Waals surface area contributed by atoms with E-state index in [1.165, 1.54) is 12.8 Å². The Labute approximate surface area is 96.4 Å². The number of rotatable bonds is 7. The predicted molar refractivity (Wildman–Crippen MR) is 64.5 cm³/mol. The van der Waals surface area contributed by atoms with Crippen LogP contribution in [0.5, 0.6) is 0 Å². The molecule has 0 aromatic heterocycles. The van der Waals surface area contributed by atoms with Crippen LogP contribution in [0.1, 0.15) is 33.1 Å². The summed E-state index contributed by atoms with van der Waals surface area (Å²) in [5, 5.41) is 9.65. The van der Waals surface area contributed by atoms with Crippen molar-refractivity contribution in [3.63, 3.8) is 0 Å². The first kappa shape index (κ1) is 13.9. The maximum absolute atomic E-state index is 8.56. The van der Waals surface area contributed by atoms with Crippen LogP contribution in [0.2, 0.25) is 0 Å². The topological polar surface area (TPSA) is 27.0 Å². The van der Waals surface area contributed by atoms with Gasteiger partial charge in [0.15, 0.2) is 0 Å². The van der Waals surface area contributed by atoms with E-state index in [1.807, 2.05) is 0 Å². The maximum atomic E-state index is 8.56. The standard InChI is InChI=1S/C11H21BrN2/c1-10(4-7-12)6-9-14(3)11(2)5-8-13/h10-11H,4-7,9H2,1-3H3. The molecule has 2 nitrogen and oxygen atoms in total. The van der Waals surface area contributed by atoms with E-state index in [9.17, 15) is 0 Å². The van der Waals surface area contributed by atoms with Crippen LogP contribution >= 0.6 is 15.9 Å². The summed E-state index contributed by atoms with van der Waals surface area (Å²) in [6.45, 7) is 5.49. The minimum absolute atomic E-state index is 0.385. The van der Waals surface area contributed by atoms with Gasteiger partial charge in [0, 0.05) is 11.4 Å². The SMILES string of the molecule is CC(CCBr)CCN(C)C(C)CC#N. The fraction of sp³-hybridized carbons (Fsp3) is 0.909. The number of hydrogen-bond donors (Lipinski definition) is 0. The molecule has 0 aromatic rings. The summed E-state index contributed by atoms with van der Waals surface area (Å²) < 4.78 is 0. The molecule has 2 atom stereocenters. The molecule has 0 saturated heterocycles. The zero-order valence-corrected chi connectivity index (χ0v) is 11.0. The van der Waals surface area contributed by atoms with Gasteiger partial charge >= 0.3 is 0 Å². The van der Waals surface area contributed by atoms with Gasteiger partial charge in [0.05, 0.1) is 12.5 Å². The zero-order chi connectivity index (χ0) is 11.0. The number of hydrogen-bond acceptors (Lipinski definition) is 2. The quantitative estimate of drug-likeness (QED) is 0.659. The van der Waals surface area contributed by atoms with Crippen molar-refractivity contribution in [2.75, 3.05) is 18.9 Å². The molecule has 0 radical (unpaired) electrons. The van der Waals surface area contributed by atoms with Crippen LogP contribution in [0, 0.1) is 17.2 Å². The van der Waals surface area contributed by atoms with E-state index in [4.69, 9.17) is 5.26 Å². The van der Waals surface area contributed by atoms with Gasteiger partial charge in [-0.3, -0.25) is 0 Å². The van der Waals surface area contributed by atoms with Gasteiger partial charge in [-0.15, -0.1) is 0 Å². The highest BCUT2D eigenvalue weighted by atomic mass is 79.9. The minimum atomic E-state index is 0.385. The highest BCUT2D eigenvalue weighted by molar-refractivity contribution is 9.09. The molecule has 0 amide bonds. The molecule has 0 bridgehead atoms. The third-order valence-corrected chi connectivity index (χ3v) is 3.17. The molecule has 0 aromatic carbocycles. The number of nitriles is 1. The van der Waals surface area contributed by atoms with Crippen LogP contribution in [0.25, 0.3) is 0 Å². The summed E-state index contributed by atoms with van der Waals surface area (Å²) in [6.07, 6.45) is 3.08. The second kappa shape index (κ2) is 8.26. The Morgan fingerprint density at radius 3 is 2.50 bits per heavy atom. The fourth-order valence-corrected chi connectivity index (χ4v) is 2.04. The normalized spacial score (nSPS) is 15.1. The lowest BCUT2D eigenvalue weighted by molar-refractivity contribution is 0.242. The predicted octanol–water partition coefficient (Wildman–Crippen LogP) is 3.03. The van der Waals surface area contributed by atoms with Gasteiger partial charge in [0.2, 0.25) is 0 Å². The monoisotopic (exact) mass is 260 g/mol. The summed E-state index contributed by atoms with van der Waals surface area (Å²) in [5.41, 5.74) is 0. The van der Waals surface area contributed by atoms with E-state index in [1.54, 1.807) is 0 Å². The van der Waals surface area contributed by atoms with E-state index < -0.39 is 0 Å². The van der Waals surface area contributed by atoms with E-state index in [-0.39, 0.29) is 0 Å².